The summed E-state index contributed by atoms with van der Waals surface area (Å²) in [5.74, 6) is -0.362. The van der Waals surface area contributed by atoms with Gasteiger partial charge in [0.25, 0.3) is 5.69 Å². The third kappa shape index (κ3) is 4.86. The van der Waals surface area contributed by atoms with Crippen LogP contribution >= 0.6 is 0 Å². The van der Waals surface area contributed by atoms with Crippen LogP contribution < -0.4 is 9.47 Å². The number of rotatable bonds is 8. The third-order valence-electron chi connectivity index (χ3n) is 3.43. The average Bonchev–Trinajstić information content (AvgIpc) is 2.92. The monoisotopic (exact) mass is 356 g/mol. The lowest BCUT2D eigenvalue weighted by atomic mass is 10.1. The lowest BCUT2D eigenvalue weighted by molar-refractivity contribution is -0.385. The molecule has 0 saturated carbocycles. The van der Waals surface area contributed by atoms with Crippen molar-refractivity contribution in [3.8, 4) is 11.5 Å². The van der Waals surface area contributed by atoms with Crippen LogP contribution in [0.4, 0.5) is 14.5 Å². The number of benzene rings is 1. The third-order valence-corrected chi connectivity index (χ3v) is 3.43. The number of nitro benzene ring substituents is 1. The highest BCUT2D eigenvalue weighted by atomic mass is 19.3. The number of aromatic nitrogens is 2. The van der Waals surface area contributed by atoms with Gasteiger partial charge in [-0.05, 0) is 13.1 Å². The zero-order chi connectivity index (χ0) is 18.6. The molecule has 1 aromatic heterocycles. The predicted octanol–water partition coefficient (Wildman–Crippen LogP) is 2.57. The lowest BCUT2D eigenvalue weighted by Gasteiger charge is -2.17. The van der Waals surface area contributed by atoms with Gasteiger partial charge in [-0.25, -0.2) is 0 Å². The van der Waals surface area contributed by atoms with E-state index in [1.807, 2.05) is 11.1 Å². The minimum absolute atomic E-state index is 0.00989. The number of halogens is 2. The molecule has 0 atom stereocenters. The number of aryl methyl sites for hydroxylation is 1. The van der Waals surface area contributed by atoms with E-state index in [2.05, 4.69) is 9.84 Å². The van der Waals surface area contributed by atoms with E-state index in [0.29, 0.717) is 12.1 Å². The molecule has 136 valence electrons. The fourth-order valence-corrected chi connectivity index (χ4v) is 2.45. The van der Waals surface area contributed by atoms with Crippen LogP contribution in [0.2, 0.25) is 0 Å². The quantitative estimate of drug-likeness (QED) is 0.534. The molecule has 2 rings (SSSR count). The van der Waals surface area contributed by atoms with Crippen molar-refractivity contribution in [3.05, 3.63) is 45.8 Å². The molecule has 8 nitrogen and oxygen atoms in total. The van der Waals surface area contributed by atoms with Crippen LogP contribution in [0.3, 0.4) is 0 Å². The molecule has 1 aromatic carbocycles. The van der Waals surface area contributed by atoms with Gasteiger partial charge in [-0.2, -0.15) is 13.9 Å². The van der Waals surface area contributed by atoms with Crippen LogP contribution in [0.25, 0.3) is 0 Å². The van der Waals surface area contributed by atoms with Crippen molar-refractivity contribution in [1.29, 1.82) is 0 Å². The van der Waals surface area contributed by atoms with Crippen molar-refractivity contribution in [2.24, 2.45) is 7.05 Å². The molecule has 0 radical (unpaired) electrons. The SMILES string of the molecule is COc1cc(CN(C)Cc2cnn(C)c2)c([N+](=O)[O-])cc1OC(F)F. The fourth-order valence-electron chi connectivity index (χ4n) is 2.45. The number of ether oxygens (including phenoxy) is 2. The van der Waals surface area contributed by atoms with E-state index >= 15 is 0 Å². The summed E-state index contributed by atoms with van der Waals surface area (Å²) in [5, 5.41) is 15.4. The molecule has 0 fully saturated rings. The molecule has 0 saturated heterocycles. The number of hydrogen-bond acceptors (Lipinski definition) is 6. The summed E-state index contributed by atoms with van der Waals surface area (Å²) in [5.41, 5.74) is 0.960. The van der Waals surface area contributed by atoms with Crippen molar-refractivity contribution < 1.29 is 23.2 Å². The van der Waals surface area contributed by atoms with Crippen molar-refractivity contribution in [2.75, 3.05) is 14.2 Å². The highest BCUT2D eigenvalue weighted by Gasteiger charge is 2.22. The molecule has 0 aliphatic carbocycles. The van der Waals surface area contributed by atoms with Crippen molar-refractivity contribution in [2.45, 2.75) is 19.7 Å². The Hall–Kier alpha value is -2.75. The first-order chi connectivity index (χ1) is 11.8. The Kier molecular flexibility index (Phi) is 5.86. The van der Waals surface area contributed by atoms with Crippen molar-refractivity contribution in [1.82, 2.24) is 14.7 Å². The molecule has 25 heavy (non-hydrogen) atoms. The fraction of sp³-hybridized carbons (Fsp3) is 0.400. The smallest absolute Gasteiger partial charge is 0.387 e. The maximum Gasteiger partial charge on any atom is 0.387 e. The molecule has 10 heteroatoms. The van der Waals surface area contributed by atoms with E-state index in [1.54, 1.807) is 25.0 Å². The van der Waals surface area contributed by atoms with Gasteiger partial charge in [-0.15, -0.1) is 0 Å². The van der Waals surface area contributed by atoms with E-state index in [1.165, 1.54) is 13.2 Å². The Morgan fingerprint density at radius 1 is 1.36 bits per heavy atom. The lowest BCUT2D eigenvalue weighted by Crippen LogP contribution is -2.18. The second kappa shape index (κ2) is 7.88. The van der Waals surface area contributed by atoms with Crippen LogP contribution in [0, 0.1) is 10.1 Å². The van der Waals surface area contributed by atoms with Gasteiger partial charge in [0, 0.05) is 37.5 Å². The van der Waals surface area contributed by atoms with Gasteiger partial charge in [-0.3, -0.25) is 19.7 Å². The van der Waals surface area contributed by atoms with Crippen molar-refractivity contribution >= 4 is 5.69 Å². The summed E-state index contributed by atoms with van der Waals surface area (Å²) in [4.78, 5) is 12.5. The van der Waals surface area contributed by atoms with Crippen molar-refractivity contribution in [3.63, 3.8) is 0 Å². The first-order valence-electron chi connectivity index (χ1n) is 7.26. The Labute approximate surface area is 142 Å². The second-order valence-electron chi connectivity index (χ2n) is 5.46. The van der Waals surface area contributed by atoms with Crippen LogP contribution in [-0.2, 0) is 20.1 Å². The Balaban J connectivity index is 2.26. The molecule has 0 aliphatic rings. The van der Waals surface area contributed by atoms with Gasteiger partial charge in [-0.1, -0.05) is 0 Å². The molecule has 1 heterocycles. The number of hydrogen-bond donors (Lipinski definition) is 0. The average molecular weight is 356 g/mol. The summed E-state index contributed by atoms with van der Waals surface area (Å²) in [6, 6.07) is 2.30. The van der Waals surface area contributed by atoms with E-state index in [9.17, 15) is 18.9 Å². The summed E-state index contributed by atoms with van der Waals surface area (Å²) >= 11 is 0. The van der Waals surface area contributed by atoms with Crippen LogP contribution in [0.15, 0.2) is 24.5 Å². The highest BCUT2D eigenvalue weighted by Crippen LogP contribution is 2.36. The highest BCUT2D eigenvalue weighted by molar-refractivity contribution is 5.54. The zero-order valence-corrected chi connectivity index (χ0v) is 14.0. The molecular formula is C15H18F2N4O4. The topological polar surface area (TPSA) is 82.7 Å². The number of nitro groups is 1. The number of methoxy groups -OCH3 is 1. The molecule has 0 bridgehead atoms. The molecular weight excluding hydrogens is 338 g/mol. The van der Waals surface area contributed by atoms with Gasteiger partial charge in [0.2, 0.25) is 0 Å². The molecule has 0 N–H and O–H groups in total. The molecule has 0 unspecified atom stereocenters. The van der Waals surface area contributed by atoms with Crippen LogP contribution in [0.5, 0.6) is 11.5 Å². The molecule has 2 aromatic rings. The molecule has 0 amide bonds. The maximum atomic E-state index is 12.5. The minimum atomic E-state index is -3.10. The second-order valence-corrected chi connectivity index (χ2v) is 5.46. The first kappa shape index (κ1) is 18.6. The largest absolute Gasteiger partial charge is 0.493 e. The normalized spacial score (nSPS) is 11.2. The van der Waals surface area contributed by atoms with Gasteiger partial charge in [0.15, 0.2) is 11.5 Å². The Morgan fingerprint density at radius 3 is 2.60 bits per heavy atom. The molecule has 0 spiro atoms. The minimum Gasteiger partial charge on any atom is -0.493 e. The number of nitrogens with zero attached hydrogens (tertiary/aromatic N) is 4. The van der Waals surface area contributed by atoms with E-state index in [0.717, 1.165) is 11.6 Å². The predicted molar refractivity (Wildman–Crippen MR) is 84.7 cm³/mol. The maximum absolute atomic E-state index is 12.5. The molecule has 0 aliphatic heterocycles. The summed E-state index contributed by atoms with van der Waals surface area (Å²) in [6.07, 6.45) is 3.54. The van der Waals surface area contributed by atoms with E-state index in [4.69, 9.17) is 4.74 Å². The zero-order valence-electron chi connectivity index (χ0n) is 14.0. The van der Waals surface area contributed by atoms with Gasteiger partial charge in [0.1, 0.15) is 0 Å². The Morgan fingerprint density at radius 2 is 2.08 bits per heavy atom. The first-order valence-corrected chi connectivity index (χ1v) is 7.26. The summed E-state index contributed by atoms with van der Waals surface area (Å²) in [7, 11) is 4.86. The number of alkyl halides is 2. The van der Waals surface area contributed by atoms with Gasteiger partial charge >= 0.3 is 6.61 Å². The van der Waals surface area contributed by atoms with Gasteiger partial charge in [0.05, 0.1) is 24.3 Å². The summed E-state index contributed by atoms with van der Waals surface area (Å²) < 4.78 is 35.9. The van der Waals surface area contributed by atoms with Crippen LogP contribution in [-0.4, -0.2) is 40.4 Å². The van der Waals surface area contributed by atoms with Gasteiger partial charge < -0.3 is 9.47 Å². The van der Waals surface area contributed by atoms with E-state index < -0.39 is 11.5 Å². The van der Waals surface area contributed by atoms with E-state index in [-0.39, 0.29) is 23.7 Å². The summed E-state index contributed by atoms with van der Waals surface area (Å²) in [6.45, 7) is -2.37. The standard InChI is InChI=1S/C15H18F2N4O4/c1-19(7-10-6-18-20(2)8-10)9-11-4-13(24-3)14(25-15(16)17)5-12(11)21(22)23/h4-6,8,15H,7,9H2,1-3H3. The Bertz CT molecular complexity index is 751. The van der Waals surface area contributed by atoms with Crippen LogP contribution in [0.1, 0.15) is 11.1 Å².